The Morgan fingerprint density at radius 2 is 1.43 bits per heavy atom. The number of carbonyl (C=O) groups excluding carboxylic acids is 4. The summed E-state index contributed by atoms with van der Waals surface area (Å²) in [7, 11) is 0. The second-order valence-corrected chi connectivity index (χ2v) is 11.2. The van der Waals surface area contributed by atoms with E-state index in [9.17, 15) is 34.2 Å². The number of hydrogen-bond acceptors (Lipinski definition) is 7. The molecule has 2 aromatic carbocycles. The van der Waals surface area contributed by atoms with E-state index in [4.69, 9.17) is 11.5 Å². The molecule has 1 heterocycles. The van der Waals surface area contributed by atoms with E-state index in [1.807, 2.05) is 38.1 Å². The first-order valence-corrected chi connectivity index (χ1v) is 14.3. The number of fused-ring (bicyclic) bond motifs is 1. The molecule has 0 radical (unpaired) electrons. The van der Waals surface area contributed by atoms with Crippen LogP contribution in [0.25, 0.3) is 10.9 Å². The Bertz CT molecular complexity index is 1470. The van der Waals surface area contributed by atoms with Crippen LogP contribution in [0.5, 0.6) is 5.75 Å². The number of carbonyl (C=O) groups is 5. The quantitative estimate of drug-likeness (QED) is 0.116. The van der Waals surface area contributed by atoms with Gasteiger partial charge in [0.15, 0.2) is 0 Å². The summed E-state index contributed by atoms with van der Waals surface area (Å²) < 4.78 is 0. The molecule has 4 unspecified atom stereocenters. The third kappa shape index (κ3) is 9.83. The van der Waals surface area contributed by atoms with Crippen molar-refractivity contribution in [3.63, 3.8) is 0 Å². The number of primary amides is 1. The molecule has 0 spiro atoms. The molecule has 44 heavy (non-hydrogen) atoms. The summed E-state index contributed by atoms with van der Waals surface area (Å²) in [6.07, 6.45) is 1.61. The minimum absolute atomic E-state index is 0.00424. The van der Waals surface area contributed by atoms with Gasteiger partial charge in [0.2, 0.25) is 23.6 Å². The molecular weight excluding hydrogens is 568 g/mol. The summed E-state index contributed by atoms with van der Waals surface area (Å²) in [5, 5.41) is 27.9. The maximum Gasteiger partial charge on any atom is 0.326 e. The van der Waals surface area contributed by atoms with Gasteiger partial charge in [-0.2, -0.15) is 0 Å². The molecule has 13 heteroatoms. The second-order valence-electron chi connectivity index (χ2n) is 11.2. The SMILES string of the molecule is CC(C)CC(N)C(=O)NC(Cc1c[nH]c2ccccc12)C(=O)NC(Cc1ccc(O)cc1)C(=O)NC(CCC(N)=O)C(=O)O. The van der Waals surface area contributed by atoms with Crippen molar-refractivity contribution in [2.24, 2.45) is 17.4 Å². The van der Waals surface area contributed by atoms with Crippen molar-refractivity contribution >= 4 is 40.5 Å². The number of aromatic nitrogens is 1. The Morgan fingerprint density at radius 1 is 0.841 bits per heavy atom. The topological polar surface area (TPSA) is 230 Å². The first-order valence-electron chi connectivity index (χ1n) is 14.3. The molecule has 0 aliphatic carbocycles. The van der Waals surface area contributed by atoms with Crippen LogP contribution in [0.3, 0.4) is 0 Å². The maximum absolute atomic E-state index is 13.8. The molecule has 3 rings (SSSR count). The van der Waals surface area contributed by atoms with E-state index in [2.05, 4.69) is 20.9 Å². The molecule has 0 aliphatic heterocycles. The van der Waals surface area contributed by atoms with Crippen LogP contribution in [-0.4, -0.2) is 69.0 Å². The van der Waals surface area contributed by atoms with E-state index in [-0.39, 0.29) is 37.4 Å². The van der Waals surface area contributed by atoms with E-state index < -0.39 is 53.8 Å². The lowest BCUT2D eigenvalue weighted by Crippen LogP contribution is -2.58. The largest absolute Gasteiger partial charge is 0.508 e. The average molecular weight is 609 g/mol. The number of H-pyrrole nitrogens is 1. The number of phenols is 1. The Balaban J connectivity index is 1.90. The number of aromatic hydroxyl groups is 1. The molecule has 0 saturated heterocycles. The minimum atomic E-state index is -1.44. The summed E-state index contributed by atoms with van der Waals surface area (Å²) in [4.78, 5) is 66.4. The summed E-state index contributed by atoms with van der Waals surface area (Å²) >= 11 is 0. The van der Waals surface area contributed by atoms with Crippen LogP contribution in [0.4, 0.5) is 0 Å². The van der Waals surface area contributed by atoms with E-state index in [1.54, 1.807) is 18.3 Å². The maximum atomic E-state index is 13.8. The zero-order valence-corrected chi connectivity index (χ0v) is 24.7. The fraction of sp³-hybridized carbons (Fsp3) is 0.387. The molecule has 0 saturated carbocycles. The van der Waals surface area contributed by atoms with E-state index in [1.165, 1.54) is 12.1 Å². The van der Waals surface area contributed by atoms with Gasteiger partial charge in [-0.15, -0.1) is 0 Å². The molecule has 1 aromatic heterocycles. The molecule has 0 aliphatic rings. The smallest absolute Gasteiger partial charge is 0.326 e. The molecule has 4 amide bonds. The zero-order chi connectivity index (χ0) is 32.4. The first-order chi connectivity index (χ1) is 20.8. The Morgan fingerprint density at radius 3 is 2.05 bits per heavy atom. The number of benzene rings is 2. The minimum Gasteiger partial charge on any atom is -0.508 e. The standard InChI is InChI=1S/C31H40N6O7/c1-17(2)13-22(32)28(40)36-26(15-19-16-34-23-6-4-3-5-21(19)23)30(42)37-25(14-18-7-9-20(38)10-8-18)29(41)35-24(31(43)44)11-12-27(33)39/h3-10,16-17,22,24-26,34,38H,11-15,32H2,1-2H3,(H2,33,39)(H,35,41)(H,36,40)(H,37,42)(H,43,44). The van der Waals surface area contributed by atoms with Crippen molar-refractivity contribution < 1.29 is 34.2 Å². The van der Waals surface area contributed by atoms with Crippen molar-refractivity contribution in [3.8, 4) is 5.75 Å². The van der Waals surface area contributed by atoms with Gasteiger partial charge in [-0.25, -0.2) is 4.79 Å². The van der Waals surface area contributed by atoms with Gasteiger partial charge in [0, 0.05) is 36.4 Å². The number of nitrogens with two attached hydrogens (primary N) is 2. The van der Waals surface area contributed by atoms with Crippen molar-refractivity contribution in [1.82, 2.24) is 20.9 Å². The van der Waals surface area contributed by atoms with E-state index in [0.29, 0.717) is 12.0 Å². The summed E-state index contributed by atoms with van der Waals surface area (Å²) in [5.41, 5.74) is 13.4. The van der Waals surface area contributed by atoms with Gasteiger partial charge in [-0.1, -0.05) is 44.2 Å². The number of hydrogen-bond donors (Lipinski definition) is 8. The number of carboxylic acid groups (broad SMARTS) is 1. The number of aromatic amines is 1. The first kappa shape index (κ1) is 33.6. The molecule has 4 atom stereocenters. The summed E-state index contributed by atoms with van der Waals surface area (Å²) in [6, 6.07) is 8.66. The van der Waals surface area contributed by atoms with Crippen molar-refractivity contribution in [3.05, 3.63) is 65.9 Å². The van der Waals surface area contributed by atoms with Crippen LogP contribution in [0.15, 0.2) is 54.7 Å². The van der Waals surface area contributed by atoms with Crippen molar-refractivity contribution in [2.75, 3.05) is 0 Å². The lowest BCUT2D eigenvalue weighted by Gasteiger charge is -2.25. The van der Waals surface area contributed by atoms with Gasteiger partial charge in [0.05, 0.1) is 6.04 Å². The van der Waals surface area contributed by atoms with Gasteiger partial charge in [-0.05, 0) is 48.1 Å². The van der Waals surface area contributed by atoms with Crippen LogP contribution >= 0.6 is 0 Å². The third-order valence-corrected chi connectivity index (χ3v) is 7.10. The van der Waals surface area contributed by atoms with Crippen LogP contribution in [-0.2, 0) is 36.8 Å². The Hall–Kier alpha value is -4.91. The third-order valence-electron chi connectivity index (χ3n) is 7.10. The lowest BCUT2D eigenvalue weighted by molar-refractivity contribution is -0.142. The molecule has 3 aromatic rings. The number of amides is 4. The predicted molar refractivity (Wildman–Crippen MR) is 163 cm³/mol. The highest BCUT2D eigenvalue weighted by Crippen LogP contribution is 2.20. The molecule has 236 valence electrons. The van der Waals surface area contributed by atoms with Crippen LogP contribution in [0, 0.1) is 5.92 Å². The molecule has 13 nitrogen and oxygen atoms in total. The molecular formula is C31H40N6O7. The number of carboxylic acids is 1. The Labute approximate surface area is 254 Å². The van der Waals surface area contributed by atoms with Crippen LogP contribution in [0.1, 0.15) is 44.2 Å². The highest BCUT2D eigenvalue weighted by Gasteiger charge is 2.31. The molecule has 0 bridgehead atoms. The zero-order valence-electron chi connectivity index (χ0n) is 24.7. The van der Waals surface area contributed by atoms with E-state index >= 15 is 0 Å². The van der Waals surface area contributed by atoms with Gasteiger partial charge < -0.3 is 42.6 Å². The number of rotatable bonds is 16. The number of phenolic OH excluding ortho intramolecular Hbond substituents is 1. The average Bonchev–Trinajstić information content (AvgIpc) is 3.37. The van der Waals surface area contributed by atoms with Gasteiger partial charge in [0.25, 0.3) is 0 Å². The molecule has 0 fully saturated rings. The number of nitrogens with one attached hydrogen (secondary N) is 4. The summed E-state index contributed by atoms with van der Waals surface area (Å²) in [6.45, 7) is 3.84. The van der Waals surface area contributed by atoms with E-state index in [0.717, 1.165) is 16.5 Å². The lowest BCUT2D eigenvalue weighted by atomic mass is 10.00. The number of aliphatic carboxylic acids is 1. The molecule has 10 N–H and O–H groups in total. The Kier molecular flexibility index (Phi) is 11.9. The highest BCUT2D eigenvalue weighted by molar-refractivity contribution is 5.95. The van der Waals surface area contributed by atoms with Crippen LogP contribution < -0.4 is 27.4 Å². The van der Waals surface area contributed by atoms with Crippen LogP contribution in [0.2, 0.25) is 0 Å². The van der Waals surface area contributed by atoms with Gasteiger partial charge in [0.1, 0.15) is 23.9 Å². The normalized spacial score (nSPS) is 13.9. The van der Waals surface area contributed by atoms with Gasteiger partial charge >= 0.3 is 5.97 Å². The predicted octanol–water partition coefficient (Wildman–Crippen LogP) is 0.837. The summed E-state index contributed by atoms with van der Waals surface area (Å²) in [5.74, 6) is -4.03. The van der Waals surface area contributed by atoms with Gasteiger partial charge in [-0.3, -0.25) is 19.2 Å². The monoisotopic (exact) mass is 608 g/mol. The fourth-order valence-electron chi connectivity index (χ4n) is 4.79. The van der Waals surface area contributed by atoms with Crippen molar-refractivity contribution in [1.29, 1.82) is 0 Å². The fourth-order valence-corrected chi connectivity index (χ4v) is 4.79. The highest BCUT2D eigenvalue weighted by atomic mass is 16.4. The second kappa shape index (κ2) is 15.5. The van der Waals surface area contributed by atoms with Crippen molar-refractivity contribution in [2.45, 2.75) is 70.1 Å². The number of para-hydroxylation sites is 1.